The normalized spacial score (nSPS) is 16.3. The average Bonchev–Trinajstić information content (AvgIpc) is 2.52. The van der Waals surface area contributed by atoms with Gasteiger partial charge < -0.3 is 25.3 Å². The molecule has 2 rings (SSSR count). The average molecular weight is 269 g/mol. The fourth-order valence-electron chi connectivity index (χ4n) is 1.81. The van der Waals surface area contributed by atoms with Crippen molar-refractivity contribution in [1.29, 1.82) is 0 Å². The highest BCUT2D eigenvalue weighted by molar-refractivity contribution is 6.61. The molecule has 0 spiro atoms. The van der Waals surface area contributed by atoms with E-state index in [0.717, 1.165) is 6.07 Å². The second-order valence-electron chi connectivity index (χ2n) is 4.20. The van der Waals surface area contributed by atoms with Crippen LogP contribution in [0.15, 0.2) is 12.1 Å². The molecule has 0 unspecified atom stereocenters. The van der Waals surface area contributed by atoms with Gasteiger partial charge in [0.1, 0.15) is 24.2 Å². The van der Waals surface area contributed by atoms with Crippen molar-refractivity contribution in [2.75, 3.05) is 13.2 Å². The Labute approximate surface area is 109 Å². The minimum absolute atomic E-state index is 0.128. The molecule has 1 aromatic carbocycles. The zero-order valence-corrected chi connectivity index (χ0v) is 10.0. The Hall–Kier alpha value is -1.64. The number of rotatable bonds is 3. The molecule has 1 aliphatic rings. The molecule has 0 aliphatic carbocycles. The number of carbonyl (C=O) groups is 1. The summed E-state index contributed by atoms with van der Waals surface area (Å²) < 4.78 is 24.1. The lowest BCUT2D eigenvalue weighted by Crippen LogP contribution is -2.35. The summed E-state index contributed by atoms with van der Waals surface area (Å²) in [4.78, 5) is 10.7. The number of ether oxygens (including phenoxy) is 1. The second kappa shape index (κ2) is 5.56. The van der Waals surface area contributed by atoms with Crippen molar-refractivity contribution in [2.45, 2.75) is 12.5 Å². The van der Waals surface area contributed by atoms with Gasteiger partial charge in [-0.3, -0.25) is 4.79 Å². The van der Waals surface area contributed by atoms with Gasteiger partial charge in [-0.15, -0.1) is 0 Å². The Morgan fingerprint density at radius 3 is 2.95 bits per heavy atom. The lowest BCUT2D eigenvalue weighted by atomic mass is 9.78. The third kappa shape index (κ3) is 3.03. The van der Waals surface area contributed by atoms with E-state index in [0.29, 0.717) is 0 Å². The van der Waals surface area contributed by atoms with Gasteiger partial charge in [0.2, 0.25) is 0 Å². The van der Waals surface area contributed by atoms with Crippen LogP contribution in [-0.4, -0.2) is 42.5 Å². The Morgan fingerprint density at radius 2 is 2.26 bits per heavy atom. The summed E-state index contributed by atoms with van der Waals surface area (Å²) in [6.07, 6.45) is -0.158. The van der Waals surface area contributed by atoms with Gasteiger partial charge in [0.25, 0.3) is 0 Å². The molecule has 8 heteroatoms. The van der Waals surface area contributed by atoms with E-state index < -0.39 is 24.9 Å². The molecular weight excluding hydrogens is 256 g/mol. The predicted octanol–water partition coefficient (Wildman–Crippen LogP) is -1.12. The van der Waals surface area contributed by atoms with Crippen LogP contribution in [0.1, 0.15) is 5.56 Å². The van der Waals surface area contributed by atoms with Crippen molar-refractivity contribution in [3.05, 3.63) is 23.5 Å². The molecular formula is C11H13BFNO5. The van der Waals surface area contributed by atoms with Gasteiger partial charge in [0.05, 0.1) is 6.61 Å². The first-order chi connectivity index (χ1) is 8.99. The predicted molar refractivity (Wildman–Crippen MR) is 64.8 cm³/mol. The van der Waals surface area contributed by atoms with E-state index >= 15 is 0 Å². The summed E-state index contributed by atoms with van der Waals surface area (Å²) >= 11 is 0. The number of nitrogens with two attached hydrogens (primary N) is 1. The maximum absolute atomic E-state index is 13.8. The maximum atomic E-state index is 13.8. The number of aliphatic carboxylic acids is 1. The highest BCUT2D eigenvalue weighted by atomic mass is 19.1. The zero-order chi connectivity index (χ0) is 14.0. The molecule has 19 heavy (non-hydrogen) atoms. The number of fused-ring (bicyclic) bond motifs is 1. The number of carboxylic acids is 1. The molecule has 1 atom stereocenters. The summed E-state index contributed by atoms with van der Waals surface area (Å²) in [5.74, 6) is -1.58. The minimum Gasteiger partial charge on any atom is -0.492 e. The van der Waals surface area contributed by atoms with Gasteiger partial charge in [0, 0.05) is 11.9 Å². The van der Waals surface area contributed by atoms with E-state index in [1.54, 1.807) is 0 Å². The summed E-state index contributed by atoms with van der Waals surface area (Å²) in [5.41, 5.74) is 5.68. The van der Waals surface area contributed by atoms with Crippen molar-refractivity contribution in [2.24, 2.45) is 5.73 Å². The van der Waals surface area contributed by atoms with Crippen molar-refractivity contribution in [3.63, 3.8) is 0 Å². The molecule has 0 aromatic heterocycles. The molecule has 1 aromatic rings. The molecule has 0 fully saturated rings. The minimum atomic E-state index is -1.26. The third-order valence-electron chi connectivity index (χ3n) is 2.82. The Morgan fingerprint density at radius 1 is 1.53 bits per heavy atom. The Balaban J connectivity index is 2.32. The fourth-order valence-corrected chi connectivity index (χ4v) is 1.81. The Kier molecular flexibility index (Phi) is 4.03. The fraction of sp³-hybridized carbons (Fsp3) is 0.364. The number of benzene rings is 1. The number of carboxylic acid groups (broad SMARTS) is 1. The first-order valence-corrected chi connectivity index (χ1v) is 5.72. The van der Waals surface area contributed by atoms with Crippen LogP contribution >= 0.6 is 0 Å². The molecule has 0 bridgehead atoms. The van der Waals surface area contributed by atoms with Gasteiger partial charge in [-0.1, -0.05) is 0 Å². The highest BCUT2D eigenvalue weighted by Crippen LogP contribution is 2.19. The molecule has 0 saturated heterocycles. The number of hydrogen-bond donors (Lipinski definition) is 3. The van der Waals surface area contributed by atoms with Crippen LogP contribution < -0.4 is 15.9 Å². The smallest absolute Gasteiger partial charge is 0.492 e. The molecule has 4 N–H and O–H groups in total. The molecule has 0 saturated carbocycles. The molecule has 102 valence electrons. The second-order valence-corrected chi connectivity index (χ2v) is 4.20. The number of hydrogen-bond acceptors (Lipinski definition) is 5. The first kappa shape index (κ1) is 13.8. The van der Waals surface area contributed by atoms with Crippen LogP contribution in [0.3, 0.4) is 0 Å². The van der Waals surface area contributed by atoms with Crippen LogP contribution in [0.5, 0.6) is 5.75 Å². The standard InChI is InChI=1S/C11H13BFNO5/c13-8-5-7-10(18-1-2-19-12(7)17)4-6(8)3-9(14)11(15)16/h4-5,9,17H,1-3,14H2,(H,15,16)/t9-/m0/s1. The molecule has 0 amide bonds. The van der Waals surface area contributed by atoms with Crippen LogP contribution in [0, 0.1) is 5.82 Å². The summed E-state index contributed by atoms with van der Waals surface area (Å²) in [7, 11) is -1.26. The molecule has 6 nitrogen and oxygen atoms in total. The van der Waals surface area contributed by atoms with Gasteiger partial charge >= 0.3 is 13.1 Å². The lowest BCUT2D eigenvalue weighted by molar-refractivity contribution is -0.138. The zero-order valence-electron chi connectivity index (χ0n) is 10.0. The van der Waals surface area contributed by atoms with Crippen LogP contribution in [0.4, 0.5) is 4.39 Å². The van der Waals surface area contributed by atoms with Crippen molar-refractivity contribution in [3.8, 4) is 5.75 Å². The van der Waals surface area contributed by atoms with Crippen molar-refractivity contribution in [1.82, 2.24) is 0 Å². The monoisotopic (exact) mass is 269 g/mol. The van der Waals surface area contributed by atoms with Crippen molar-refractivity contribution < 1.29 is 28.7 Å². The molecule has 1 heterocycles. The SMILES string of the molecule is N[C@@H](Cc1cc2c(cc1F)B(O)OCCO2)C(=O)O. The van der Waals surface area contributed by atoms with E-state index in [9.17, 15) is 14.2 Å². The Bertz CT molecular complexity index is 498. The van der Waals surface area contributed by atoms with E-state index in [1.807, 2.05) is 0 Å². The summed E-state index contributed by atoms with van der Waals surface area (Å²) in [5, 5.41) is 18.4. The van der Waals surface area contributed by atoms with Crippen LogP contribution in [0.2, 0.25) is 0 Å². The highest BCUT2D eigenvalue weighted by Gasteiger charge is 2.27. The van der Waals surface area contributed by atoms with E-state index in [4.69, 9.17) is 20.2 Å². The van der Waals surface area contributed by atoms with Crippen molar-refractivity contribution >= 4 is 18.6 Å². The van der Waals surface area contributed by atoms with Gasteiger partial charge in [0.15, 0.2) is 0 Å². The van der Waals surface area contributed by atoms with E-state index in [-0.39, 0.29) is 36.4 Å². The summed E-state index contributed by atoms with van der Waals surface area (Å²) in [6.45, 7) is 0.404. The lowest BCUT2D eigenvalue weighted by Gasteiger charge is -2.12. The van der Waals surface area contributed by atoms with Gasteiger partial charge in [-0.25, -0.2) is 4.39 Å². The number of halogens is 1. The largest absolute Gasteiger partial charge is 0.495 e. The van der Waals surface area contributed by atoms with E-state index in [1.165, 1.54) is 6.07 Å². The quantitative estimate of drug-likeness (QED) is 0.600. The molecule has 0 radical (unpaired) electrons. The third-order valence-corrected chi connectivity index (χ3v) is 2.82. The van der Waals surface area contributed by atoms with Gasteiger partial charge in [-0.05, 0) is 17.7 Å². The first-order valence-electron chi connectivity index (χ1n) is 5.72. The van der Waals surface area contributed by atoms with Gasteiger partial charge in [-0.2, -0.15) is 0 Å². The topological polar surface area (TPSA) is 102 Å². The van der Waals surface area contributed by atoms with E-state index in [2.05, 4.69) is 0 Å². The molecule has 1 aliphatic heterocycles. The summed E-state index contributed by atoms with van der Waals surface area (Å²) in [6, 6.07) is 1.24. The maximum Gasteiger partial charge on any atom is 0.495 e. The van der Waals surface area contributed by atoms with Crippen LogP contribution in [-0.2, 0) is 15.9 Å². The van der Waals surface area contributed by atoms with Crippen LogP contribution in [0.25, 0.3) is 0 Å².